The number of aliphatic imine (C=N–C) groups is 1. The van der Waals surface area contributed by atoms with Crippen LogP contribution in [-0.2, 0) is 11.2 Å². The molecule has 2 aliphatic rings. The highest BCUT2D eigenvalue weighted by molar-refractivity contribution is 6.04. The molecule has 5 rings (SSSR count). The molecule has 6 nitrogen and oxygen atoms in total. The van der Waals surface area contributed by atoms with Crippen LogP contribution in [0.2, 0.25) is 0 Å². The van der Waals surface area contributed by atoms with E-state index >= 15 is 0 Å². The molecule has 1 aromatic heterocycles. The number of hydrogen-bond acceptors (Lipinski definition) is 4. The fourth-order valence-electron chi connectivity index (χ4n) is 5.67. The predicted molar refractivity (Wildman–Crippen MR) is 168 cm³/mol. The van der Waals surface area contributed by atoms with Crippen LogP contribution >= 0.6 is 0 Å². The number of ether oxygens (including phenoxy) is 1. The zero-order valence-corrected chi connectivity index (χ0v) is 25.8. The van der Waals surface area contributed by atoms with Crippen LogP contribution in [0.1, 0.15) is 91.1 Å². The van der Waals surface area contributed by atoms with Crippen molar-refractivity contribution in [2.24, 2.45) is 16.8 Å². The number of H-pyrrole nitrogens is 1. The molecule has 41 heavy (non-hydrogen) atoms. The Bertz CT molecular complexity index is 1490. The summed E-state index contributed by atoms with van der Waals surface area (Å²) in [5.41, 5.74) is 10.2. The number of benzene rings is 2. The van der Waals surface area contributed by atoms with Gasteiger partial charge in [-0.1, -0.05) is 77.1 Å². The number of allylic oxidation sites excluding steroid dienone is 2. The molecule has 1 aliphatic carbocycles. The molecule has 1 aliphatic heterocycles. The lowest BCUT2D eigenvalue weighted by Crippen LogP contribution is -2.46. The maximum Gasteiger partial charge on any atom is 0.408 e. The van der Waals surface area contributed by atoms with E-state index in [2.05, 4.69) is 92.4 Å². The van der Waals surface area contributed by atoms with Gasteiger partial charge < -0.3 is 15.0 Å². The highest BCUT2D eigenvalue weighted by Crippen LogP contribution is 2.41. The minimum absolute atomic E-state index is 0.156. The van der Waals surface area contributed by atoms with Crippen molar-refractivity contribution in [2.75, 3.05) is 0 Å². The first-order chi connectivity index (χ1) is 19.4. The third kappa shape index (κ3) is 6.32. The number of aryl methyl sites for hydroxylation is 1. The number of amides is 1. The molecule has 0 radical (unpaired) electrons. The van der Waals surface area contributed by atoms with Gasteiger partial charge >= 0.3 is 6.09 Å². The highest BCUT2D eigenvalue weighted by atomic mass is 16.6. The van der Waals surface area contributed by atoms with Crippen LogP contribution < -0.4 is 5.32 Å². The van der Waals surface area contributed by atoms with Crippen molar-refractivity contribution in [3.8, 4) is 22.4 Å². The van der Waals surface area contributed by atoms with E-state index in [1.165, 1.54) is 27.8 Å². The summed E-state index contributed by atoms with van der Waals surface area (Å²) in [5.74, 6) is 2.19. The van der Waals surface area contributed by atoms with Crippen molar-refractivity contribution < 1.29 is 9.53 Å². The van der Waals surface area contributed by atoms with Crippen LogP contribution in [0.15, 0.2) is 59.4 Å². The third-order valence-electron chi connectivity index (χ3n) is 8.30. The van der Waals surface area contributed by atoms with E-state index in [9.17, 15) is 4.79 Å². The molecule has 3 aromatic rings. The molecule has 0 spiro atoms. The van der Waals surface area contributed by atoms with Crippen molar-refractivity contribution in [1.29, 1.82) is 0 Å². The van der Waals surface area contributed by atoms with Gasteiger partial charge in [-0.3, -0.25) is 4.99 Å². The van der Waals surface area contributed by atoms with Crippen LogP contribution in [0, 0.1) is 11.8 Å². The number of hydrogen-bond donors (Lipinski definition) is 2. The molecule has 1 amide bonds. The summed E-state index contributed by atoms with van der Waals surface area (Å²) in [7, 11) is 0. The number of aromatic amines is 1. The van der Waals surface area contributed by atoms with Gasteiger partial charge in [0, 0.05) is 23.7 Å². The van der Waals surface area contributed by atoms with Crippen molar-refractivity contribution in [2.45, 2.75) is 92.2 Å². The Kier molecular flexibility index (Phi) is 7.95. The van der Waals surface area contributed by atoms with Gasteiger partial charge in [-0.05, 0) is 78.8 Å². The van der Waals surface area contributed by atoms with Gasteiger partial charge in [0.2, 0.25) is 0 Å². The summed E-state index contributed by atoms with van der Waals surface area (Å²) >= 11 is 0. The number of rotatable bonds is 7. The van der Waals surface area contributed by atoms with Crippen LogP contribution in [0.3, 0.4) is 0 Å². The van der Waals surface area contributed by atoms with Gasteiger partial charge in [0.1, 0.15) is 11.4 Å². The van der Waals surface area contributed by atoms with Crippen LogP contribution in [-0.4, -0.2) is 33.4 Å². The second-order valence-electron chi connectivity index (χ2n) is 13.2. The van der Waals surface area contributed by atoms with E-state index in [0.29, 0.717) is 11.8 Å². The van der Waals surface area contributed by atoms with Crippen LogP contribution in [0.4, 0.5) is 4.79 Å². The molecule has 0 fully saturated rings. The smallest absolute Gasteiger partial charge is 0.408 e. The van der Waals surface area contributed by atoms with Gasteiger partial charge in [0.15, 0.2) is 0 Å². The van der Waals surface area contributed by atoms with Crippen LogP contribution in [0.5, 0.6) is 0 Å². The maximum absolute atomic E-state index is 12.6. The van der Waals surface area contributed by atoms with Crippen molar-refractivity contribution in [3.63, 3.8) is 0 Å². The summed E-state index contributed by atoms with van der Waals surface area (Å²) in [6.07, 6.45) is 4.20. The quantitative estimate of drug-likeness (QED) is 0.308. The molecule has 2 atom stereocenters. The van der Waals surface area contributed by atoms with Crippen molar-refractivity contribution >= 4 is 17.4 Å². The topological polar surface area (TPSA) is 79.4 Å². The summed E-state index contributed by atoms with van der Waals surface area (Å²) < 4.78 is 5.54. The Labute approximate surface area is 244 Å². The Morgan fingerprint density at radius 1 is 0.927 bits per heavy atom. The van der Waals surface area contributed by atoms with E-state index in [1.807, 2.05) is 27.0 Å². The first-order valence-corrected chi connectivity index (χ1v) is 15.0. The number of alkyl carbamates (subject to hydrolysis) is 1. The van der Waals surface area contributed by atoms with E-state index in [-0.39, 0.29) is 12.0 Å². The average Bonchev–Trinajstić information content (AvgIpc) is 3.58. The number of imidazole rings is 1. The van der Waals surface area contributed by atoms with Gasteiger partial charge in [-0.15, -0.1) is 0 Å². The standard InChI is InChI=1S/C35H44N4O2/c1-20(2)22(5)33-36-19-31(38-33)24-11-9-23(10-12-24)25-13-15-27-26(17-25)14-16-29-28(27)18-30(37-29)32(21(3)4)39-34(40)41-35(6,7)8/h9-13,15,17,19-22,32H,14,16,18H2,1-8H3,(H,36,38)(H,39,40)/t22-,32-/m0/s1. The number of nitrogens with zero attached hydrogens (tertiary/aromatic N) is 2. The van der Waals surface area contributed by atoms with Gasteiger partial charge in [-0.25, -0.2) is 9.78 Å². The Morgan fingerprint density at radius 3 is 2.27 bits per heavy atom. The molecule has 2 N–H and O–H groups in total. The lowest BCUT2D eigenvalue weighted by molar-refractivity contribution is 0.0508. The first kappa shape index (κ1) is 28.8. The fourth-order valence-corrected chi connectivity index (χ4v) is 5.67. The molecule has 2 heterocycles. The van der Waals surface area contributed by atoms with E-state index in [4.69, 9.17) is 9.73 Å². The maximum atomic E-state index is 12.6. The summed E-state index contributed by atoms with van der Waals surface area (Å²) in [6, 6.07) is 15.4. The van der Waals surface area contributed by atoms with E-state index in [1.54, 1.807) is 0 Å². The van der Waals surface area contributed by atoms with Crippen molar-refractivity contribution in [3.05, 3.63) is 71.3 Å². The van der Waals surface area contributed by atoms with E-state index < -0.39 is 11.7 Å². The number of fused-ring (bicyclic) bond motifs is 2. The summed E-state index contributed by atoms with van der Waals surface area (Å²) in [5, 5.41) is 3.08. The van der Waals surface area contributed by atoms with Gasteiger partial charge in [0.25, 0.3) is 0 Å². The Morgan fingerprint density at radius 2 is 1.61 bits per heavy atom. The normalized spacial score (nSPS) is 16.4. The fraction of sp³-hybridized carbons (Fsp3) is 0.457. The lowest BCUT2D eigenvalue weighted by Gasteiger charge is -2.26. The molecule has 0 saturated carbocycles. The number of carbonyl (C=O) groups is 1. The van der Waals surface area contributed by atoms with Gasteiger partial charge in [0.05, 0.1) is 17.9 Å². The molecule has 0 unspecified atom stereocenters. The Hall–Kier alpha value is -3.67. The van der Waals surface area contributed by atoms with Crippen molar-refractivity contribution in [1.82, 2.24) is 15.3 Å². The second kappa shape index (κ2) is 11.3. The van der Waals surface area contributed by atoms with E-state index in [0.717, 1.165) is 47.8 Å². The molecule has 0 saturated heterocycles. The van der Waals surface area contributed by atoms with Crippen LogP contribution in [0.25, 0.3) is 28.0 Å². The molecule has 2 aromatic carbocycles. The molecule has 0 bridgehead atoms. The minimum Gasteiger partial charge on any atom is -0.444 e. The summed E-state index contributed by atoms with van der Waals surface area (Å²) in [6.45, 7) is 16.5. The minimum atomic E-state index is -0.535. The Balaban J connectivity index is 1.30. The monoisotopic (exact) mass is 552 g/mol. The zero-order valence-electron chi connectivity index (χ0n) is 25.8. The number of carbonyl (C=O) groups excluding carboxylic acids is 1. The number of aromatic nitrogens is 2. The largest absolute Gasteiger partial charge is 0.444 e. The first-order valence-electron chi connectivity index (χ1n) is 15.0. The predicted octanol–water partition coefficient (Wildman–Crippen LogP) is 8.55. The lowest BCUT2D eigenvalue weighted by atomic mass is 9.85. The molecular formula is C35H44N4O2. The molecular weight excluding hydrogens is 508 g/mol. The molecule has 216 valence electrons. The summed E-state index contributed by atoms with van der Waals surface area (Å²) in [4.78, 5) is 25.7. The highest BCUT2D eigenvalue weighted by Gasteiger charge is 2.32. The SMILES string of the molecule is CC(C)[C@H](NC(=O)OC(C)(C)C)C1=NC2=C(C1)c1ccc(-c3ccc(-c4cnc([C@@H](C)C(C)C)[nH]4)cc3)cc1CC2. The third-order valence-corrected chi connectivity index (χ3v) is 8.30. The number of nitrogens with one attached hydrogen (secondary N) is 2. The molecule has 6 heteroatoms. The zero-order chi connectivity index (χ0) is 29.5. The van der Waals surface area contributed by atoms with Gasteiger partial charge in [-0.2, -0.15) is 0 Å². The second-order valence-corrected chi connectivity index (χ2v) is 13.2. The average molecular weight is 553 g/mol.